The summed E-state index contributed by atoms with van der Waals surface area (Å²) >= 11 is 0. The Kier molecular flexibility index (Phi) is 6.52. The lowest BCUT2D eigenvalue weighted by Gasteiger charge is -2.19. The predicted octanol–water partition coefficient (Wildman–Crippen LogP) is 13.1. The average molecular weight is 678 g/mol. The van der Waals surface area contributed by atoms with Crippen LogP contribution in [0.5, 0.6) is 0 Å². The first-order valence-corrected chi connectivity index (χ1v) is 18.0. The number of aromatic nitrogens is 3. The van der Waals surface area contributed by atoms with Crippen LogP contribution in [0.4, 0.5) is 0 Å². The van der Waals surface area contributed by atoms with Crippen molar-refractivity contribution in [3.8, 4) is 22.5 Å². The fourth-order valence-corrected chi connectivity index (χ4v) is 8.33. The molecule has 11 rings (SSSR count). The van der Waals surface area contributed by atoms with Gasteiger partial charge in [-0.1, -0.05) is 121 Å². The van der Waals surface area contributed by atoms with Gasteiger partial charge in [-0.2, -0.15) is 0 Å². The first-order chi connectivity index (χ1) is 26.3. The predicted molar refractivity (Wildman–Crippen MR) is 221 cm³/mol. The zero-order valence-corrected chi connectivity index (χ0v) is 28.6. The van der Waals surface area contributed by atoms with E-state index in [0.29, 0.717) is 0 Å². The fourth-order valence-electron chi connectivity index (χ4n) is 8.33. The Hall–Kier alpha value is -7.17. The van der Waals surface area contributed by atoms with Gasteiger partial charge in [0.1, 0.15) is 11.2 Å². The number of rotatable bonds is 3. The standard InChI is InChI=1S/C49H31N3O/c1-3-14-32(15-4-1)51-28-29-52(33-16-5-2-6-17-33)45-31-43-42(30-44(45)51)38-22-11-21-37(41-24-12-23-40-35-19-9-10-26-46(35)53-49(40)41)47(38)36-20-8-7-18-34(36)39-25-13-27-50-48(39)43/h1-31H. The summed E-state index contributed by atoms with van der Waals surface area (Å²) in [6, 6.07) is 60.4. The fraction of sp³-hybridized carbons (Fsp3) is 0. The zero-order chi connectivity index (χ0) is 34.9. The molecule has 0 aliphatic heterocycles. The molecular formula is C49H31N3O. The molecule has 0 fully saturated rings. The molecule has 0 radical (unpaired) electrons. The first-order valence-electron chi connectivity index (χ1n) is 18.0. The molecule has 0 atom stereocenters. The number of para-hydroxylation sites is 4. The molecule has 0 aliphatic carbocycles. The van der Waals surface area contributed by atoms with E-state index in [2.05, 4.69) is 179 Å². The van der Waals surface area contributed by atoms with E-state index in [1.807, 2.05) is 18.3 Å². The maximum absolute atomic E-state index is 6.66. The second kappa shape index (κ2) is 11.7. The van der Waals surface area contributed by atoms with Crippen molar-refractivity contribution in [1.82, 2.24) is 14.1 Å². The minimum Gasteiger partial charge on any atom is -0.455 e. The van der Waals surface area contributed by atoms with Crippen LogP contribution in [0.2, 0.25) is 0 Å². The van der Waals surface area contributed by atoms with Gasteiger partial charge in [-0.05, 0) is 81.0 Å². The summed E-state index contributed by atoms with van der Waals surface area (Å²) < 4.78 is 11.2. The summed E-state index contributed by atoms with van der Waals surface area (Å²) in [6.45, 7) is 0. The van der Waals surface area contributed by atoms with E-state index in [9.17, 15) is 0 Å². The summed E-state index contributed by atoms with van der Waals surface area (Å²) in [5.41, 5.74) is 9.30. The Labute approximate surface area is 304 Å². The topological polar surface area (TPSA) is 35.9 Å². The molecule has 4 heteroatoms. The molecule has 4 nitrogen and oxygen atoms in total. The summed E-state index contributed by atoms with van der Waals surface area (Å²) in [4.78, 5) is 5.14. The van der Waals surface area contributed by atoms with Crippen molar-refractivity contribution in [3.05, 3.63) is 188 Å². The van der Waals surface area contributed by atoms with Crippen molar-refractivity contribution >= 4 is 76.2 Å². The average Bonchev–Trinajstić information content (AvgIpc) is 3.62. The van der Waals surface area contributed by atoms with Gasteiger partial charge in [0.2, 0.25) is 0 Å². The Morgan fingerprint density at radius 3 is 1.68 bits per heavy atom. The van der Waals surface area contributed by atoms with Gasteiger partial charge in [-0.25, -0.2) is 0 Å². The van der Waals surface area contributed by atoms with Gasteiger partial charge in [-0.3, -0.25) is 4.98 Å². The second-order valence-corrected chi connectivity index (χ2v) is 13.5. The molecule has 0 saturated heterocycles. The monoisotopic (exact) mass is 677 g/mol. The number of furan rings is 1. The van der Waals surface area contributed by atoms with E-state index in [-0.39, 0.29) is 0 Å². The molecule has 8 aromatic carbocycles. The summed E-state index contributed by atoms with van der Waals surface area (Å²) in [6.07, 6.45) is 6.24. The van der Waals surface area contributed by atoms with Crippen LogP contribution in [0.15, 0.2) is 193 Å². The van der Waals surface area contributed by atoms with Crippen LogP contribution in [-0.4, -0.2) is 14.1 Å². The Morgan fingerprint density at radius 2 is 0.943 bits per heavy atom. The van der Waals surface area contributed by atoms with Crippen molar-refractivity contribution in [2.45, 2.75) is 0 Å². The molecule has 11 aromatic rings. The third-order valence-electron chi connectivity index (χ3n) is 10.7. The van der Waals surface area contributed by atoms with Crippen LogP contribution in [0.25, 0.3) is 98.7 Å². The van der Waals surface area contributed by atoms with Crippen LogP contribution in [-0.2, 0) is 0 Å². The Balaban J connectivity index is 1.39. The Morgan fingerprint density at radius 1 is 0.396 bits per heavy atom. The minimum atomic E-state index is 0.892. The molecule has 0 saturated carbocycles. The van der Waals surface area contributed by atoms with Crippen molar-refractivity contribution in [1.29, 1.82) is 0 Å². The number of pyridine rings is 1. The number of fused-ring (bicyclic) bond motifs is 12. The highest BCUT2D eigenvalue weighted by atomic mass is 16.3. The Bertz CT molecular complexity index is 3280. The maximum atomic E-state index is 6.66. The second-order valence-electron chi connectivity index (χ2n) is 13.5. The highest BCUT2D eigenvalue weighted by Crippen LogP contribution is 2.43. The van der Waals surface area contributed by atoms with Crippen molar-refractivity contribution in [2.75, 3.05) is 0 Å². The minimum absolute atomic E-state index is 0.892. The van der Waals surface area contributed by atoms with Gasteiger partial charge in [0, 0.05) is 57.1 Å². The van der Waals surface area contributed by atoms with E-state index in [0.717, 1.165) is 93.3 Å². The molecule has 0 spiro atoms. The molecule has 0 unspecified atom stereocenters. The van der Waals surface area contributed by atoms with Gasteiger partial charge < -0.3 is 13.6 Å². The first kappa shape index (κ1) is 29.5. The number of nitrogens with zero attached hydrogens (tertiary/aromatic N) is 3. The third kappa shape index (κ3) is 4.52. The van der Waals surface area contributed by atoms with Crippen LogP contribution < -0.4 is 0 Å². The SMILES string of the molecule is c1ccc(-n2ccn(-c3ccccc3)c3cc4c(cc32)c2cccc(-c3cccc5c3oc3ccccc35)c2c2ccccc2c2cccnc24)cc1. The van der Waals surface area contributed by atoms with E-state index < -0.39 is 0 Å². The summed E-state index contributed by atoms with van der Waals surface area (Å²) in [5.74, 6) is 0. The van der Waals surface area contributed by atoms with E-state index in [1.54, 1.807) is 0 Å². The number of hydrogen-bond acceptors (Lipinski definition) is 2. The zero-order valence-electron chi connectivity index (χ0n) is 28.6. The molecule has 0 amide bonds. The van der Waals surface area contributed by atoms with Gasteiger partial charge in [0.15, 0.2) is 0 Å². The maximum Gasteiger partial charge on any atom is 0.143 e. The molecule has 0 aliphatic rings. The van der Waals surface area contributed by atoms with Crippen molar-refractivity contribution < 1.29 is 4.42 Å². The normalized spacial score (nSPS) is 11.8. The van der Waals surface area contributed by atoms with E-state index in [4.69, 9.17) is 9.40 Å². The lowest BCUT2D eigenvalue weighted by atomic mass is 9.90. The van der Waals surface area contributed by atoms with Crippen LogP contribution in [0.3, 0.4) is 0 Å². The van der Waals surface area contributed by atoms with E-state index in [1.165, 1.54) is 5.39 Å². The molecule has 3 heterocycles. The lowest BCUT2D eigenvalue weighted by Crippen LogP contribution is -2.05. The lowest BCUT2D eigenvalue weighted by molar-refractivity contribution is 0.670. The van der Waals surface area contributed by atoms with E-state index >= 15 is 0 Å². The molecule has 3 aromatic heterocycles. The van der Waals surface area contributed by atoms with Crippen molar-refractivity contribution in [2.24, 2.45) is 0 Å². The molecule has 0 N–H and O–H groups in total. The highest BCUT2D eigenvalue weighted by molar-refractivity contribution is 6.29. The highest BCUT2D eigenvalue weighted by Gasteiger charge is 2.18. The molecule has 248 valence electrons. The molecule has 53 heavy (non-hydrogen) atoms. The van der Waals surface area contributed by atoms with Crippen LogP contribution >= 0.6 is 0 Å². The quantitative estimate of drug-likeness (QED) is 0.187. The van der Waals surface area contributed by atoms with Gasteiger partial charge in [0.05, 0.1) is 16.6 Å². The smallest absolute Gasteiger partial charge is 0.143 e. The number of benzene rings is 7. The molecule has 0 bridgehead atoms. The van der Waals surface area contributed by atoms with Gasteiger partial charge >= 0.3 is 0 Å². The van der Waals surface area contributed by atoms with Gasteiger partial charge in [0.25, 0.3) is 0 Å². The van der Waals surface area contributed by atoms with Crippen LogP contribution in [0.1, 0.15) is 0 Å². The summed E-state index contributed by atoms with van der Waals surface area (Å²) in [5, 5.41) is 10.2. The van der Waals surface area contributed by atoms with Gasteiger partial charge in [-0.15, -0.1) is 0 Å². The van der Waals surface area contributed by atoms with Crippen molar-refractivity contribution in [3.63, 3.8) is 0 Å². The summed E-state index contributed by atoms with van der Waals surface area (Å²) in [7, 11) is 0. The number of hydrogen-bond donors (Lipinski definition) is 0. The largest absolute Gasteiger partial charge is 0.455 e. The third-order valence-corrected chi connectivity index (χ3v) is 10.7. The molecular weight excluding hydrogens is 647 g/mol. The van der Waals surface area contributed by atoms with Crippen LogP contribution in [0, 0.1) is 0 Å².